The Labute approximate surface area is 109 Å². The summed E-state index contributed by atoms with van der Waals surface area (Å²) in [6.07, 6.45) is -0.728. The zero-order valence-corrected chi connectivity index (χ0v) is 10.4. The molecule has 0 aliphatic rings. The molecule has 1 aromatic carbocycles. The molecule has 0 spiro atoms. The van der Waals surface area contributed by atoms with E-state index in [1.54, 1.807) is 6.20 Å². The summed E-state index contributed by atoms with van der Waals surface area (Å²) >= 11 is 0. The van der Waals surface area contributed by atoms with Crippen molar-refractivity contribution in [3.63, 3.8) is 0 Å². The van der Waals surface area contributed by atoms with Crippen LogP contribution in [0.2, 0.25) is 0 Å². The smallest absolute Gasteiger partial charge is 0.378 e. The minimum atomic E-state index is -4.29. The predicted molar refractivity (Wildman–Crippen MR) is 66.7 cm³/mol. The zero-order valence-electron chi connectivity index (χ0n) is 10.4. The number of hydrogen-bond acceptors (Lipinski definition) is 2. The molecule has 0 saturated carbocycles. The van der Waals surface area contributed by atoms with Crippen LogP contribution in [0.1, 0.15) is 18.3 Å². The standard InChI is InChI=1S/C13H14F3N3/c1-2-19-8-7-17-12(19)9-18-11-5-3-10(4-6-11)13(14,15)16/h3-8,18H,2,9H2,1H3. The lowest BCUT2D eigenvalue weighted by molar-refractivity contribution is -0.137. The van der Waals surface area contributed by atoms with Crippen molar-refractivity contribution in [3.05, 3.63) is 48.0 Å². The van der Waals surface area contributed by atoms with Gasteiger partial charge in [0.1, 0.15) is 5.82 Å². The minimum absolute atomic E-state index is 0.478. The summed E-state index contributed by atoms with van der Waals surface area (Å²) in [7, 11) is 0. The summed E-state index contributed by atoms with van der Waals surface area (Å²) in [5.74, 6) is 0.849. The molecule has 19 heavy (non-hydrogen) atoms. The second kappa shape index (κ2) is 5.34. The highest BCUT2D eigenvalue weighted by molar-refractivity contribution is 5.45. The minimum Gasteiger partial charge on any atom is -0.378 e. The normalized spacial score (nSPS) is 11.6. The van der Waals surface area contributed by atoms with Gasteiger partial charge in [0.15, 0.2) is 0 Å². The first-order chi connectivity index (χ1) is 9.00. The van der Waals surface area contributed by atoms with E-state index in [9.17, 15) is 13.2 Å². The van der Waals surface area contributed by atoms with Crippen molar-refractivity contribution in [1.29, 1.82) is 0 Å². The molecule has 2 rings (SSSR count). The number of benzene rings is 1. The number of imidazole rings is 1. The zero-order chi connectivity index (χ0) is 13.9. The Morgan fingerprint density at radius 2 is 1.89 bits per heavy atom. The van der Waals surface area contributed by atoms with Gasteiger partial charge in [-0.3, -0.25) is 0 Å². The summed E-state index contributed by atoms with van der Waals surface area (Å²) in [5, 5.41) is 3.05. The van der Waals surface area contributed by atoms with Crippen LogP contribution in [0.4, 0.5) is 18.9 Å². The highest BCUT2D eigenvalue weighted by Gasteiger charge is 2.29. The number of nitrogens with one attached hydrogen (secondary N) is 1. The molecule has 2 aromatic rings. The van der Waals surface area contributed by atoms with E-state index in [4.69, 9.17) is 0 Å². The largest absolute Gasteiger partial charge is 0.416 e. The van der Waals surface area contributed by atoms with E-state index >= 15 is 0 Å². The van der Waals surface area contributed by atoms with Crippen LogP contribution < -0.4 is 5.32 Å². The van der Waals surface area contributed by atoms with E-state index in [1.165, 1.54) is 12.1 Å². The molecular formula is C13H14F3N3. The first-order valence-electron chi connectivity index (χ1n) is 5.92. The molecule has 0 unspecified atom stereocenters. The summed E-state index contributed by atoms with van der Waals surface area (Å²) < 4.78 is 39.2. The fraction of sp³-hybridized carbons (Fsp3) is 0.308. The van der Waals surface area contributed by atoms with Gasteiger partial charge in [-0.2, -0.15) is 13.2 Å². The lowest BCUT2D eigenvalue weighted by Gasteiger charge is -2.10. The number of alkyl halides is 3. The van der Waals surface area contributed by atoms with Crippen LogP contribution in [0, 0.1) is 0 Å². The van der Waals surface area contributed by atoms with Crippen molar-refractivity contribution in [3.8, 4) is 0 Å². The average Bonchev–Trinajstić information content (AvgIpc) is 2.83. The first-order valence-corrected chi connectivity index (χ1v) is 5.92. The molecule has 1 aromatic heterocycles. The Hall–Kier alpha value is -1.98. The maximum absolute atomic E-state index is 12.4. The predicted octanol–water partition coefficient (Wildman–Crippen LogP) is 3.53. The van der Waals surface area contributed by atoms with Crippen molar-refractivity contribution in [2.75, 3.05) is 5.32 Å². The molecule has 0 amide bonds. The Balaban J connectivity index is 2.01. The van der Waals surface area contributed by atoms with Gasteiger partial charge in [-0.15, -0.1) is 0 Å². The number of hydrogen-bond donors (Lipinski definition) is 1. The van der Waals surface area contributed by atoms with Gasteiger partial charge in [-0.05, 0) is 31.2 Å². The molecule has 0 fully saturated rings. The van der Waals surface area contributed by atoms with Crippen molar-refractivity contribution in [1.82, 2.24) is 9.55 Å². The number of nitrogens with zero attached hydrogens (tertiary/aromatic N) is 2. The third-order valence-electron chi connectivity index (χ3n) is 2.81. The first kappa shape index (κ1) is 13.5. The molecule has 0 radical (unpaired) electrons. The van der Waals surface area contributed by atoms with Gasteiger partial charge in [-0.25, -0.2) is 4.98 Å². The molecule has 0 aliphatic heterocycles. The third kappa shape index (κ3) is 3.27. The van der Waals surface area contributed by atoms with Crippen molar-refractivity contribution < 1.29 is 13.2 Å². The van der Waals surface area contributed by atoms with E-state index in [1.807, 2.05) is 17.7 Å². The summed E-state index contributed by atoms with van der Waals surface area (Å²) in [4.78, 5) is 4.18. The fourth-order valence-corrected chi connectivity index (χ4v) is 1.75. The molecule has 102 valence electrons. The van der Waals surface area contributed by atoms with Gasteiger partial charge in [-0.1, -0.05) is 0 Å². The van der Waals surface area contributed by atoms with Crippen molar-refractivity contribution >= 4 is 5.69 Å². The maximum atomic E-state index is 12.4. The van der Waals surface area contributed by atoms with E-state index in [0.29, 0.717) is 12.2 Å². The molecule has 1 N–H and O–H groups in total. The molecule has 3 nitrogen and oxygen atoms in total. The molecule has 1 heterocycles. The van der Waals surface area contributed by atoms with Gasteiger partial charge in [0.25, 0.3) is 0 Å². The van der Waals surface area contributed by atoms with Crippen molar-refractivity contribution in [2.24, 2.45) is 0 Å². The molecular weight excluding hydrogens is 255 g/mol. The Kier molecular flexibility index (Phi) is 3.78. The van der Waals surface area contributed by atoms with Crippen LogP contribution in [-0.4, -0.2) is 9.55 Å². The molecule has 0 aliphatic carbocycles. The third-order valence-corrected chi connectivity index (χ3v) is 2.81. The van der Waals surface area contributed by atoms with E-state index in [2.05, 4.69) is 10.3 Å². The van der Waals surface area contributed by atoms with E-state index in [0.717, 1.165) is 24.5 Å². The van der Waals surface area contributed by atoms with E-state index in [-0.39, 0.29) is 0 Å². The molecule has 0 atom stereocenters. The van der Waals surface area contributed by atoms with Crippen LogP contribution in [0.3, 0.4) is 0 Å². The van der Waals surface area contributed by atoms with Gasteiger partial charge in [0, 0.05) is 24.6 Å². The van der Waals surface area contributed by atoms with Gasteiger partial charge >= 0.3 is 6.18 Å². The van der Waals surface area contributed by atoms with Gasteiger partial charge in [0.2, 0.25) is 0 Å². The maximum Gasteiger partial charge on any atom is 0.416 e. The highest BCUT2D eigenvalue weighted by Crippen LogP contribution is 2.29. The van der Waals surface area contributed by atoms with Gasteiger partial charge < -0.3 is 9.88 Å². The van der Waals surface area contributed by atoms with Crippen LogP contribution in [0.5, 0.6) is 0 Å². The highest BCUT2D eigenvalue weighted by atomic mass is 19.4. The van der Waals surface area contributed by atoms with Crippen LogP contribution >= 0.6 is 0 Å². The molecule has 6 heteroatoms. The monoisotopic (exact) mass is 269 g/mol. The fourth-order valence-electron chi connectivity index (χ4n) is 1.75. The SMILES string of the molecule is CCn1ccnc1CNc1ccc(C(F)(F)F)cc1. The van der Waals surface area contributed by atoms with Gasteiger partial charge in [0.05, 0.1) is 12.1 Å². The van der Waals surface area contributed by atoms with Crippen LogP contribution in [0.15, 0.2) is 36.7 Å². The number of anilines is 1. The summed E-state index contributed by atoms with van der Waals surface area (Å²) in [5.41, 5.74) is -0.00763. The molecule has 0 bridgehead atoms. The van der Waals surface area contributed by atoms with Crippen molar-refractivity contribution in [2.45, 2.75) is 26.2 Å². The topological polar surface area (TPSA) is 29.9 Å². The second-order valence-corrected chi connectivity index (χ2v) is 4.06. The summed E-state index contributed by atoms with van der Waals surface area (Å²) in [6, 6.07) is 4.97. The lowest BCUT2D eigenvalue weighted by atomic mass is 10.2. The molecule has 0 saturated heterocycles. The van der Waals surface area contributed by atoms with Crippen LogP contribution in [-0.2, 0) is 19.3 Å². The van der Waals surface area contributed by atoms with E-state index < -0.39 is 11.7 Å². The number of rotatable bonds is 4. The van der Waals surface area contributed by atoms with Crippen LogP contribution in [0.25, 0.3) is 0 Å². The average molecular weight is 269 g/mol. The number of halogens is 3. The quantitative estimate of drug-likeness (QED) is 0.920. The Morgan fingerprint density at radius 3 is 2.47 bits per heavy atom. The summed E-state index contributed by atoms with van der Waals surface area (Å²) in [6.45, 7) is 3.29. The second-order valence-electron chi connectivity index (χ2n) is 4.06. The number of aromatic nitrogens is 2. The number of aryl methyl sites for hydroxylation is 1. The Morgan fingerprint density at radius 1 is 1.21 bits per heavy atom. The lowest BCUT2D eigenvalue weighted by Crippen LogP contribution is -2.08. The Bertz CT molecular complexity index is 529.